The van der Waals surface area contributed by atoms with Crippen LogP contribution in [0.1, 0.15) is 38.8 Å². The molecule has 0 radical (unpaired) electrons. The average molecular weight is 351 g/mol. The van der Waals surface area contributed by atoms with E-state index in [1.165, 1.54) is 12.1 Å². The highest BCUT2D eigenvalue weighted by Gasteiger charge is 2.51. The molecule has 0 bridgehead atoms. The Morgan fingerprint density at radius 2 is 1.72 bits per heavy atom. The van der Waals surface area contributed by atoms with Crippen LogP contribution in [-0.2, 0) is 5.60 Å². The molecular formula is C18H16F3NO3. The second-order valence-electron chi connectivity index (χ2n) is 5.74. The van der Waals surface area contributed by atoms with Crippen LogP contribution in [0.15, 0.2) is 42.5 Å². The number of rotatable bonds is 4. The second kappa shape index (κ2) is 6.68. The molecule has 2 N–H and O–H groups in total. The molecule has 132 valence electrons. The Labute approximate surface area is 142 Å². The Bertz CT molecular complexity index is 796. The van der Waals surface area contributed by atoms with Crippen molar-refractivity contribution >= 4 is 17.9 Å². The molecule has 7 heteroatoms. The van der Waals surface area contributed by atoms with Gasteiger partial charge in [0, 0.05) is 16.8 Å². The summed E-state index contributed by atoms with van der Waals surface area (Å²) < 4.78 is 38.5. The van der Waals surface area contributed by atoms with Crippen LogP contribution < -0.4 is 5.32 Å². The highest BCUT2D eigenvalue weighted by molar-refractivity contribution is 6.05. The molecule has 1 amide bonds. The Morgan fingerprint density at radius 1 is 1.12 bits per heavy atom. The standard InChI is InChI=1S/C18H16F3NO3/c1-11-13(10-23)4-3-5-15(11)22-16(24)12-6-8-14(9-7-12)17(2,25)18(19,20)21/h3-10,25H,1-2H3,(H,22,24). The van der Waals surface area contributed by atoms with Gasteiger partial charge in [0.2, 0.25) is 0 Å². The van der Waals surface area contributed by atoms with Crippen molar-refractivity contribution in [3.05, 3.63) is 64.7 Å². The predicted octanol–water partition coefficient (Wildman–Crippen LogP) is 3.83. The lowest BCUT2D eigenvalue weighted by Crippen LogP contribution is -2.39. The number of alkyl halides is 3. The van der Waals surface area contributed by atoms with Crippen LogP contribution in [0.25, 0.3) is 0 Å². The number of anilines is 1. The number of benzene rings is 2. The van der Waals surface area contributed by atoms with Crippen molar-refractivity contribution in [3.8, 4) is 0 Å². The van der Waals surface area contributed by atoms with Gasteiger partial charge in [0.1, 0.15) is 6.29 Å². The van der Waals surface area contributed by atoms with E-state index in [1.807, 2.05) is 0 Å². The molecule has 25 heavy (non-hydrogen) atoms. The molecule has 0 aliphatic rings. The Hall–Kier alpha value is -2.67. The molecule has 2 aromatic rings. The summed E-state index contributed by atoms with van der Waals surface area (Å²) in [5, 5.41) is 12.2. The van der Waals surface area contributed by atoms with Gasteiger partial charge < -0.3 is 10.4 Å². The summed E-state index contributed by atoms with van der Waals surface area (Å²) in [6, 6.07) is 9.33. The minimum absolute atomic E-state index is 0.123. The third-order valence-electron chi connectivity index (χ3n) is 4.01. The number of carbonyl (C=O) groups is 2. The van der Waals surface area contributed by atoms with Gasteiger partial charge >= 0.3 is 6.18 Å². The average Bonchev–Trinajstić information content (AvgIpc) is 2.55. The monoisotopic (exact) mass is 351 g/mol. The molecule has 0 aliphatic carbocycles. The number of aldehydes is 1. The van der Waals surface area contributed by atoms with Crippen LogP contribution >= 0.6 is 0 Å². The first-order valence-electron chi connectivity index (χ1n) is 7.33. The topological polar surface area (TPSA) is 66.4 Å². The van der Waals surface area contributed by atoms with Gasteiger partial charge in [0.25, 0.3) is 5.91 Å². The molecule has 2 rings (SSSR count). The fourth-order valence-corrected chi connectivity index (χ4v) is 2.22. The minimum Gasteiger partial charge on any atom is -0.376 e. The van der Waals surface area contributed by atoms with Crippen molar-refractivity contribution in [2.75, 3.05) is 5.32 Å². The van der Waals surface area contributed by atoms with Crippen LogP contribution in [0, 0.1) is 6.92 Å². The van der Waals surface area contributed by atoms with Gasteiger partial charge in [-0.2, -0.15) is 13.2 Å². The van der Waals surface area contributed by atoms with Crippen LogP contribution in [0.3, 0.4) is 0 Å². The number of aliphatic hydroxyl groups is 1. The molecule has 4 nitrogen and oxygen atoms in total. The lowest BCUT2D eigenvalue weighted by molar-refractivity contribution is -0.258. The molecule has 0 spiro atoms. The van der Waals surface area contributed by atoms with E-state index in [1.54, 1.807) is 25.1 Å². The Kier molecular flexibility index (Phi) is 4.99. The van der Waals surface area contributed by atoms with Crippen molar-refractivity contribution < 1.29 is 27.9 Å². The fraction of sp³-hybridized carbons (Fsp3) is 0.222. The molecule has 0 heterocycles. The number of hydrogen-bond acceptors (Lipinski definition) is 3. The number of halogens is 3. The minimum atomic E-state index is -4.83. The van der Waals surface area contributed by atoms with E-state index in [0.717, 1.165) is 12.1 Å². The third kappa shape index (κ3) is 3.71. The summed E-state index contributed by atoms with van der Waals surface area (Å²) in [5.74, 6) is -0.538. The van der Waals surface area contributed by atoms with E-state index in [4.69, 9.17) is 0 Å². The fourth-order valence-electron chi connectivity index (χ4n) is 2.22. The van der Waals surface area contributed by atoms with Gasteiger partial charge in [-0.15, -0.1) is 0 Å². The van der Waals surface area contributed by atoms with Crippen LogP contribution in [0.2, 0.25) is 0 Å². The van der Waals surface area contributed by atoms with Gasteiger partial charge in [0.05, 0.1) is 0 Å². The van der Waals surface area contributed by atoms with E-state index >= 15 is 0 Å². The van der Waals surface area contributed by atoms with E-state index in [-0.39, 0.29) is 11.1 Å². The largest absolute Gasteiger partial charge is 0.421 e. The van der Waals surface area contributed by atoms with Gasteiger partial charge in [-0.05, 0) is 43.2 Å². The summed E-state index contributed by atoms with van der Waals surface area (Å²) in [4.78, 5) is 23.2. The zero-order valence-electron chi connectivity index (χ0n) is 13.5. The zero-order valence-corrected chi connectivity index (χ0v) is 13.5. The highest BCUT2D eigenvalue weighted by atomic mass is 19.4. The van der Waals surface area contributed by atoms with Crippen LogP contribution in [0.4, 0.5) is 18.9 Å². The SMILES string of the molecule is Cc1c(C=O)cccc1NC(=O)c1ccc(C(C)(O)C(F)(F)F)cc1. The molecule has 0 saturated carbocycles. The quantitative estimate of drug-likeness (QED) is 0.823. The van der Waals surface area contributed by atoms with Gasteiger partial charge in [-0.3, -0.25) is 9.59 Å². The maximum Gasteiger partial charge on any atom is 0.421 e. The molecule has 1 atom stereocenters. The first-order chi connectivity index (χ1) is 11.6. The van der Waals surface area contributed by atoms with Gasteiger partial charge in [0.15, 0.2) is 5.60 Å². The Balaban J connectivity index is 2.23. The van der Waals surface area contributed by atoms with E-state index in [0.29, 0.717) is 30.0 Å². The Morgan fingerprint density at radius 3 is 2.24 bits per heavy atom. The molecule has 2 aromatic carbocycles. The van der Waals surface area contributed by atoms with Crippen molar-refractivity contribution in [3.63, 3.8) is 0 Å². The number of hydrogen-bond donors (Lipinski definition) is 2. The zero-order chi connectivity index (χ0) is 18.8. The molecule has 1 unspecified atom stereocenters. The van der Waals surface area contributed by atoms with E-state index in [2.05, 4.69) is 5.32 Å². The lowest BCUT2D eigenvalue weighted by atomic mass is 9.94. The maximum atomic E-state index is 12.8. The van der Waals surface area contributed by atoms with Crippen LogP contribution in [0.5, 0.6) is 0 Å². The van der Waals surface area contributed by atoms with Crippen molar-refractivity contribution in [2.24, 2.45) is 0 Å². The third-order valence-corrected chi connectivity index (χ3v) is 4.01. The number of nitrogens with one attached hydrogen (secondary N) is 1. The smallest absolute Gasteiger partial charge is 0.376 e. The van der Waals surface area contributed by atoms with E-state index in [9.17, 15) is 27.9 Å². The van der Waals surface area contributed by atoms with Gasteiger partial charge in [-0.1, -0.05) is 24.3 Å². The van der Waals surface area contributed by atoms with Crippen molar-refractivity contribution in [1.82, 2.24) is 0 Å². The predicted molar refractivity (Wildman–Crippen MR) is 86.6 cm³/mol. The molecule has 0 aliphatic heterocycles. The molecule has 0 saturated heterocycles. The second-order valence-corrected chi connectivity index (χ2v) is 5.74. The molecular weight excluding hydrogens is 335 g/mol. The summed E-state index contributed by atoms with van der Waals surface area (Å²) in [5.41, 5.74) is -1.80. The summed E-state index contributed by atoms with van der Waals surface area (Å²) in [6.07, 6.45) is -4.16. The summed E-state index contributed by atoms with van der Waals surface area (Å²) >= 11 is 0. The van der Waals surface area contributed by atoms with Gasteiger partial charge in [-0.25, -0.2) is 0 Å². The maximum absolute atomic E-state index is 12.8. The number of amides is 1. The lowest BCUT2D eigenvalue weighted by Gasteiger charge is -2.26. The number of carbonyl (C=O) groups excluding carboxylic acids is 2. The molecule has 0 fully saturated rings. The molecule has 0 aromatic heterocycles. The van der Waals surface area contributed by atoms with E-state index < -0.39 is 17.7 Å². The first kappa shape index (κ1) is 18.7. The first-order valence-corrected chi connectivity index (χ1v) is 7.33. The summed E-state index contributed by atoms with van der Waals surface area (Å²) in [6.45, 7) is 2.32. The normalized spacial score (nSPS) is 13.8. The highest BCUT2D eigenvalue weighted by Crippen LogP contribution is 2.38. The van der Waals surface area contributed by atoms with Crippen molar-refractivity contribution in [1.29, 1.82) is 0 Å². The summed E-state index contributed by atoms with van der Waals surface area (Å²) in [7, 11) is 0. The van der Waals surface area contributed by atoms with Crippen molar-refractivity contribution in [2.45, 2.75) is 25.6 Å². The van der Waals surface area contributed by atoms with Crippen LogP contribution in [-0.4, -0.2) is 23.5 Å².